The van der Waals surface area contributed by atoms with Gasteiger partial charge in [-0.15, -0.1) is 0 Å². The minimum atomic E-state index is 0.0741. The molecule has 8 heavy (non-hydrogen) atoms. The first-order valence-corrected chi connectivity index (χ1v) is 3.10. The molecule has 0 radical (unpaired) electrons. The SMILES string of the molecule is B[C@@H]1COC(CC)O1. The molecule has 3 heteroatoms. The summed E-state index contributed by atoms with van der Waals surface area (Å²) in [6, 6.07) is 0.306. The Morgan fingerprint density at radius 2 is 2.50 bits per heavy atom. The molecular formula is C5H11BO2. The van der Waals surface area contributed by atoms with Gasteiger partial charge in [0.15, 0.2) is 6.29 Å². The molecule has 1 unspecified atom stereocenters. The molecule has 0 saturated carbocycles. The minimum Gasteiger partial charge on any atom is -0.356 e. The Kier molecular flexibility index (Phi) is 1.92. The standard InChI is InChI=1S/C5H11BO2/c1-2-5-7-3-4(6)8-5/h4-5H,2-3,6H2,1H3/t4-,5?/m0/s1. The van der Waals surface area contributed by atoms with Gasteiger partial charge in [-0.05, 0) is 6.42 Å². The van der Waals surface area contributed by atoms with Gasteiger partial charge in [0.05, 0.1) is 12.6 Å². The van der Waals surface area contributed by atoms with E-state index in [1.807, 2.05) is 7.85 Å². The van der Waals surface area contributed by atoms with Gasteiger partial charge < -0.3 is 9.47 Å². The van der Waals surface area contributed by atoms with Crippen LogP contribution in [0, 0.1) is 0 Å². The first-order chi connectivity index (χ1) is 3.83. The average Bonchev–Trinajstić information content (AvgIpc) is 2.14. The number of ether oxygens (including phenoxy) is 2. The molecule has 1 heterocycles. The van der Waals surface area contributed by atoms with E-state index in [0.717, 1.165) is 13.0 Å². The largest absolute Gasteiger partial charge is 0.356 e. The third kappa shape index (κ3) is 1.23. The summed E-state index contributed by atoms with van der Waals surface area (Å²) in [7, 11) is 2.02. The van der Waals surface area contributed by atoms with Crippen molar-refractivity contribution in [3.63, 3.8) is 0 Å². The van der Waals surface area contributed by atoms with E-state index in [1.165, 1.54) is 0 Å². The second-order valence-corrected chi connectivity index (χ2v) is 2.12. The van der Waals surface area contributed by atoms with E-state index < -0.39 is 0 Å². The van der Waals surface area contributed by atoms with E-state index in [-0.39, 0.29) is 6.29 Å². The van der Waals surface area contributed by atoms with Gasteiger partial charge in [-0.25, -0.2) is 0 Å². The highest BCUT2D eigenvalue weighted by atomic mass is 16.7. The highest BCUT2D eigenvalue weighted by molar-refractivity contribution is 6.11. The van der Waals surface area contributed by atoms with E-state index in [0.29, 0.717) is 6.00 Å². The van der Waals surface area contributed by atoms with Crippen LogP contribution in [0.15, 0.2) is 0 Å². The third-order valence-corrected chi connectivity index (χ3v) is 1.23. The molecule has 1 aliphatic rings. The van der Waals surface area contributed by atoms with E-state index in [9.17, 15) is 0 Å². The first kappa shape index (κ1) is 6.11. The van der Waals surface area contributed by atoms with Crippen molar-refractivity contribution >= 4 is 7.85 Å². The zero-order valence-electron chi connectivity index (χ0n) is 5.39. The summed E-state index contributed by atoms with van der Waals surface area (Å²) in [4.78, 5) is 0. The lowest BCUT2D eigenvalue weighted by Gasteiger charge is -2.03. The molecule has 1 rings (SSSR count). The van der Waals surface area contributed by atoms with Crippen molar-refractivity contribution in [3.05, 3.63) is 0 Å². The molecular weight excluding hydrogens is 103 g/mol. The highest BCUT2D eigenvalue weighted by Gasteiger charge is 2.19. The zero-order valence-corrected chi connectivity index (χ0v) is 5.39. The zero-order chi connectivity index (χ0) is 5.98. The average molecular weight is 114 g/mol. The normalized spacial score (nSPS) is 38.1. The molecule has 1 fully saturated rings. The third-order valence-electron chi connectivity index (χ3n) is 1.23. The van der Waals surface area contributed by atoms with Crippen LogP contribution in [0.5, 0.6) is 0 Å². The molecule has 46 valence electrons. The van der Waals surface area contributed by atoms with Gasteiger partial charge in [-0.2, -0.15) is 0 Å². The lowest BCUT2D eigenvalue weighted by molar-refractivity contribution is -0.0480. The van der Waals surface area contributed by atoms with Crippen LogP contribution < -0.4 is 0 Å². The Balaban J connectivity index is 2.22. The Bertz CT molecular complexity index is 76.8. The summed E-state index contributed by atoms with van der Waals surface area (Å²) >= 11 is 0. The van der Waals surface area contributed by atoms with E-state index in [2.05, 4.69) is 6.92 Å². The van der Waals surface area contributed by atoms with Crippen LogP contribution in [-0.4, -0.2) is 26.7 Å². The van der Waals surface area contributed by atoms with Gasteiger partial charge in [-0.1, -0.05) is 6.92 Å². The maximum Gasteiger partial charge on any atom is 0.156 e. The molecule has 0 bridgehead atoms. The van der Waals surface area contributed by atoms with E-state index in [4.69, 9.17) is 9.47 Å². The fraction of sp³-hybridized carbons (Fsp3) is 1.00. The molecule has 0 amide bonds. The lowest BCUT2D eigenvalue weighted by Crippen LogP contribution is -2.10. The van der Waals surface area contributed by atoms with Crippen molar-refractivity contribution in [1.29, 1.82) is 0 Å². The van der Waals surface area contributed by atoms with Crippen molar-refractivity contribution in [2.45, 2.75) is 25.6 Å². The molecule has 0 aliphatic carbocycles. The van der Waals surface area contributed by atoms with Crippen LogP contribution in [-0.2, 0) is 9.47 Å². The minimum absolute atomic E-state index is 0.0741. The fourth-order valence-electron chi connectivity index (χ4n) is 0.795. The maximum absolute atomic E-state index is 5.29. The van der Waals surface area contributed by atoms with Crippen molar-refractivity contribution in [1.82, 2.24) is 0 Å². The summed E-state index contributed by atoms with van der Waals surface area (Å²) in [5.41, 5.74) is 0. The Morgan fingerprint density at radius 1 is 1.75 bits per heavy atom. The number of hydrogen-bond acceptors (Lipinski definition) is 2. The molecule has 1 saturated heterocycles. The lowest BCUT2D eigenvalue weighted by atomic mass is 10.0. The van der Waals surface area contributed by atoms with Gasteiger partial charge in [0.2, 0.25) is 0 Å². The fourth-order valence-corrected chi connectivity index (χ4v) is 0.795. The van der Waals surface area contributed by atoms with Crippen LogP contribution in [0.3, 0.4) is 0 Å². The molecule has 0 aromatic heterocycles. The van der Waals surface area contributed by atoms with Gasteiger partial charge in [0.25, 0.3) is 0 Å². The van der Waals surface area contributed by atoms with Crippen molar-refractivity contribution in [2.75, 3.05) is 6.61 Å². The van der Waals surface area contributed by atoms with E-state index in [1.54, 1.807) is 0 Å². The van der Waals surface area contributed by atoms with Gasteiger partial charge in [0.1, 0.15) is 7.85 Å². The van der Waals surface area contributed by atoms with Gasteiger partial charge in [0, 0.05) is 0 Å². The predicted molar refractivity (Wildman–Crippen MR) is 33.4 cm³/mol. The van der Waals surface area contributed by atoms with Crippen molar-refractivity contribution < 1.29 is 9.47 Å². The van der Waals surface area contributed by atoms with Crippen LogP contribution in [0.25, 0.3) is 0 Å². The van der Waals surface area contributed by atoms with Gasteiger partial charge in [-0.3, -0.25) is 0 Å². The molecule has 2 nitrogen and oxygen atoms in total. The highest BCUT2D eigenvalue weighted by Crippen LogP contribution is 2.10. The summed E-state index contributed by atoms with van der Waals surface area (Å²) in [6.45, 7) is 2.82. The van der Waals surface area contributed by atoms with Crippen molar-refractivity contribution in [3.8, 4) is 0 Å². The quantitative estimate of drug-likeness (QED) is 0.437. The van der Waals surface area contributed by atoms with Gasteiger partial charge >= 0.3 is 0 Å². The van der Waals surface area contributed by atoms with E-state index >= 15 is 0 Å². The molecule has 0 N–H and O–H groups in total. The van der Waals surface area contributed by atoms with Crippen molar-refractivity contribution in [2.24, 2.45) is 0 Å². The molecule has 2 atom stereocenters. The molecule has 0 aromatic rings. The predicted octanol–water partition coefficient (Wildman–Crippen LogP) is -0.272. The Labute approximate surface area is 50.6 Å². The summed E-state index contributed by atoms with van der Waals surface area (Å²) in [5.74, 6) is 0. The molecule has 0 aromatic carbocycles. The summed E-state index contributed by atoms with van der Waals surface area (Å²) < 4.78 is 10.5. The van der Waals surface area contributed by atoms with Crippen LogP contribution >= 0.6 is 0 Å². The van der Waals surface area contributed by atoms with Crippen LogP contribution in [0.2, 0.25) is 0 Å². The Morgan fingerprint density at radius 3 is 2.75 bits per heavy atom. The molecule has 0 spiro atoms. The second kappa shape index (κ2) is 2.51. The smallest absolute Gasteiger partial charge is 0.156 e. The monoisotopic (exact) mass is 114 g/mol. The topological polar surface area (TPSA) is 18.5 Å². The van der Waals surface area contributed by atoms with Crippen LogP contribution in [0.4, 0.5) is 0 Å². The maximum atomic E-state index is 5.29. The summed E-state index contributed by atoms with van der Waals surface area (Å²) in [6.07, 6.45) is 1.04. The second-order valence-electron chi connectivity index (χ2n) is 2.12. The van der Waals surface area contributed by atoms with Crippen LogP contribution in [0.1, 0.15) is 13.3 Å². The number of rotatable bonds is 1. The molecule has 1 aliphatic heterocycles. The summed E-state index contributed by atoms with van der Waals surface area (Å²) in [5, 5.41) is 0. The first-order valence-electron chi connectivity index (χ1n) is 3.10. The number of hydrogen-bond donors (Lipinski definition) is 0. The Hall–Kier alpha value is -0.0151.